The lowest BCUT2D eigenvalue weighted by atomic mass is 10.2. The highest BCUT2D eigenvalue weighted by atomic mass is 35.5. The zero-order valence-electron chi connectivity index (χ0n) is 9.80. The van der Waals surface area contributed by atoms with Crippen molar-refractivity contribution in [1.29, 1.82) is 0 Å². The summed E-state index contributed by atoms with van der Waals surface area (Å²) >= 11 is 5.70. The molecule has 0 amide bonds. The standard InChI is InChI=1S/C11H14ClNO4S/c1-17-11(14)10(6-13)18(15,16)7-8-2-4-9(12)5-3-8/h2-5,10H,6-7,13H2,1H3. The van der Waals surface area contributed by atoms with Crippen LogP contribution in [0.1, 0.15) is 5.56 Å². The molecular weight excluding hydrogens is 278 g/mol. The van der Waals surface area contributed by atoms with E-state index < -0.39 is 21.1 Å². The lowest BCUT2D eigenvalue weighted by molar-refractivity contribution is -0.139. The number of halogens is 1. The second-order valence-corrected chi connectivity index (χ2v) is 6.30. The quantitative estimate of drug-likeness (QED) is 0.809. The highest BCUT2D eigenvalue weighted by Gasteiger charge is 2.32. The Balaban J connectivity index is 2.93. The molecule has 0 fully saturated rings. The van der Waals surface area contributed by atoms with Crippen LogP contribution >= 0.6 is 11.6 Å². The Bertz CT molecular complexity index is 512. The number of carbonyl (C=O) groups excluding carboxylic acids is 1. The van der Waals surface area contributed by atoms with Gasteiger partial charge in [0.15, 0.2) is 15.1 Å². The van der Waals surface area contributed by atoms with Gasteiger partial charge < -0.3 is 10.5 Å². The summed E-state index contributed by atoms with van der Waals surface area (Å²) in [5, 5.41) is -0.822. The number of carbonyl (C=O) groups is 1. The molecule has 100 valence electrons. The molecule has 7 heteroatoms. The van der Waals surface area contributed by atoms with Crippen LogP contribution in [0.25, 0.3) is 0 Å². The second kappa shape index (κ2) is 6.17. The van der Waals surface area contributed by atoms with E-state index in [0.29, 0.717) is 10.6 Å². The molecule has 0 saturated heterocycles. The summed E-state index contributed by atoms with van der Waals surface area (Å²) in [6.45, 7) is -0.303. The molecule has 0 aromatic heterocycles. The van der Waals surface area contributed by atoms with Crippen LogP contribution in [0.4, 0.5) is 0 Å². The highest BCUT2D eigenvalue weighted by Crippen LogP contribution is 2.15. The first-order valence-corrected chi connectivity index (χ1v) is 7.24. The van der Waals surface area contributed by atoms with Crippen molar-refractivity contribution in [3.05, 3.63) is 34.9 Å². The van der Waals surface area contributed by atoms with Gasteiger partial charge in [0.1, 0.15) is 0 Å². The van der Waals surface area contributed by atoms with E-state index in [1.807, 2.05) is 0 Å². The van der Waals surface area contributed by atoms with Gasteiger partial charge in [-0.2, -0.15) is 0 Å². The summed E-state index contributed by atoms with van der Waals surface area (Å²) in [4.78, 5) is 11.3. The average molecular weight is 292 g/mol. The number of nitrogens with two attached hydrogens (primary N) is 1. The highest BCUT2D eigenvalue weighted by molar-refractivity contribution is 7.92. The summed E-state index contributed by atoms with van der Waals surface area (Å²) in [6.07, 6.45) is 0. The lowest BCUT2D eigenvalue weighted by Crippen LogP contribution is -2.38. The van der Waals surface area contributed by atoms with Gasteiger partial charge in [-0.3, -0.25) is 4.79 Å². The van der Waals surface area contributed by atoms with Crippen LogP contribution in [0, 0.1) is 0 Å². The Morgan fingerprint density at radius 2 is 1.94 bits per heavy atom. The van der Waals surface area contributed by atoms with Crippen molar-refractivity contribution in [3.63, 3.8) is 0 Å². The number of hydrogen-bond acceptors (Lipinski definition) is 5. The van der Waals surface area contributed by atoms with E-state index in [2.05, 4.69) is 4.74 Å². The summed E-state index contributed by atoms with van der Waals surface area (Å²) < 4.78 is 28.4. The van der Waals surface area contributed by atoms with Crippen LogP contribution in [-0.2, 0) is 25.1 Å². The van der Waals surface area contributed by atoms with E-state index in [1.54, 1.807) is 24.3 Å². The minimum absolute atomic E-state index is 0.277. The van der Waals surface area contributed by atoms with Crippen LogP contribution in [0.3, 0.4) is 0 Å². The van der Waals surface area contributed by atoms with Crippen LogP contribution in [0.15, 0.2) is 24.3 Å². The minimum Gasteiger partial charge on any atom is -0.468 e. The number of esters is 1. The third-order valence-corrected chi connectivity index (χ3v) is 4.63. The molecule has 1 unspecified atom stereocenters. The zero-order valence-corrected chi connectivity index (χ0v) is 11.4. The molecule has 1 rings (SSSR count). The van der Waals surface area contributed by atoms with Gasteiger partial charge in [-0.1, -0.05) is 23.7 Å². The maximum atomic E-state index is 12.0. The number of methoxy groups -OCH3 is 1. The summed E-state index contributed by atoms with van der Waals surface area (Å²) in [6, 6.07) is 6.35. The fourth-order valence-electron chi connectivity index (χ4n) is 1.43. The van der Waals surface area contributed by atoms with Crippen molar-refractivity contribution in [1.82, 2.24) is 0 Å². The van der Waals surface area contributed by atoms with E-state index in [4.69, 9.17) is 17.3 Å². The van der Waals surface area contributed by atoms with Crippen LogP contribution < -0.4 is 5.73 Å². The van der Waals surface area contributed by atoms with Gasteiger partial charge in [0.05, 0.1) is 12.9 Å². The third kappa shape index (κ3) is 3.69. The molecule has 1 aromatic carbocycles. The molecule has 0 aliphatic rings. The van der Waals surface area contributed by atoms with Crippen molar-refractivity contribution in [2.24, 2.45) is 5.73 Å². The van der Waals surface area contributed by atoms with Gasteiger partial charge in [0, 0.05) is 11.6 Å². The Morgan fingerprint density at radius 3 is 2.39 bits per heavy atom. The first kappa shape index (κ1) is 14.9. The molecular formula is C11H14ClNO4S. The topological polar surface area (TPSA) is 86.5 Å². The van der Waals surface area contributed by atoms with Crippen molar-refractivity contribution < 1.29 is 17.9 Å². The fraction of sp³-hybridized carbons (Fsp3) is 0.364. The maximum absolute atomic E-state index is 12.0. The molecule has 0 aliphatic carbocycles. The molecule has 2 N–H and O–H groups in total. The molecule has 0 heterocycles. The monoisotopic (exact) mass is 291 g/mol. The molecule has 0 aliphatic heterocycles. The first-order valence-electron chi connectivity index (χ1n) is 5.14. The van der Waals surface area contributed by atoms with E-state index in [1.165, 1.54) is 0 Å². The maximum Gasteiger partial charge on any atom is 0.325 e. The SMILES string of the molecule is COC(=O)C(CN)S(=O)(=O)Cc1ccc(Cl)cc1. The van der Waals surface area contributed by atoms with E-state index in [9.17, 15) is 13.2 Å². The molecule has 0 saturated carbocycles. The average Bonchev–Trinajstić information content (AvgIpc) is 2.32. The smallest absolute Gasteiger partial charge is 0.325 e. The van der Waals surface area contributed by atoms with Crippen LogP contribution in [0.5, 0.6) is 0 Å². The zero-order chi connectivity index (χ0) is 13.8. The van der Waals surface area contributed by atoms with Gasteiger partial charge >= 0.3 is 5.97 Å². The summed E-state index contributed by atoms with van der Waals surface area (Å²) in [5.41, 5.74) is 5.86. The van der Waals surface area contributed by atoms with Crippen molar-refractivity contribution in [2.45, 2.75) is 11.0 Å². The fourth-order valence-corrected chi connectivity index (χ4v) is 3.10. The number of hydrogen-bond donors (Lipinski definition) is 1. The number of ether oxygens (including phenoxy) is 1. The van der Waals surface area contributed by atoms with E-state index in [-0.39, 0.29) is 12.3 Å². The van der Waals surface area contributed by atoms with Crippen molar-refractivity contribution >= 4 is 27.4 Å². The van der Waals surface area contributed by atoms with Crippen molar-refractivity contribution in [2.75, 3.05) is 13.7 Å². The molecule has 5 nitrogen and oxygen atoms in total. The first-order chi connectivity index (χ1) is 8.40. The Morgan fingerprint density at radius 1 is 1.39 bits per heavy atom. The number of benzene rings is 1. The van der Waals surface area contributed by atoms with Crippen molar-refractivity contribution in [3.8, 4) is 0 Å². The van der Waals surface area contributed by atoms with Gasteiger partial charge in [-0.05, 0) is 17.7 Å². The number of rotatable bonds is 5. The van der Waals surface area contributed by atoms with E-state index in [0.717, 1.165) is 7.11 Å². The minimum atomic E-state index is -3.69. The summed E-state index contributed by atoms with van der Waals surface area (Å²) in [5.74, 6) is -1.12. The Labute approximate surface area is 111 Å². The predicted octanol–water partition coefficient (Wildman–Crippen LogP) is 0.755. The summed E-state index contributed by atoms with van der Waals surface area (Å²) in [7, 11) is -2.56. The Kier molecular flexibility index (Phi) is 5.13. The Hall–Kier alpha value is -1.11. The third-order valence-electron chi connectivity index (χ3n) is 2.39. The molecule has 1 atom stereocenters. The predicted molar refractivity (Wildman–Crippen MR) is 68.9 cm³/mol. The van der Waals surface area contributed by atoms with Gasteiger partial charge in [-0.25, -0.2) is 8.42 Å². The van der Waals surface area contributed by atoms with E-state index >= 15 is 0 Å². The van der Waals surface area contributed by atoms with Gasteiger partial charge in [0.25, 0.3) is 0 Å². The largest absolute Gasteiger partial charge is 0.468 e. The number of sulfone groups is 1. The molecule has 0 radical (unpaired) electrons. The molecule has 0 spiro atoms. The molecule has 0 bridgehead atoms. The lowest BCUT2D eigenvalue weighted by Gasteiger charge is -2.13. The second-order valence-electron chi connectivity index (χ2n) is 3.68. The van der Waals surface area contributed by atoms with Crippen LogP contribution in [-0.4, -0.2) is 33.3 Å². The molecule has 18 heavy (non-hydrogen) atoms. The normalized spacial score (nSPS) is 13.1. The van der Waals surface area contributed by atoms with Crippen LogP contribution in [0.2, 0.25) is 5.02 Å². The molecule has 1 aromatic rings. The van der Waals surface area contributed by atoms with Gasteiger partial charge in [-0.15, -0.1) is 0 Å². The van der Waals surface area contributed by atoms with Gasteiger partial charge in [0.2, 0.25) is 0 Å².